The number of aromatic amines is 1. The minimum absolute atomic E-state index is 0.0534. The Morgan fingerprint density at radius 2 is 1.64 bits per heavy atom. The van der Waals surface area contributed by atoms with Crippen molar-refractivity contribution in [2.45, 2.75) is 50.9 Å². The number of aliphatic carboxylic acids is 1. The number of amides is 3. The summed E-state index contributed by atoms with van der Waals surface area (Å²) in [6.45, 7) is 3.61. The molecule has 0 saturated heterocycles. The predicted molar refractivity (Wildman–Crippen MR) is 145 cm³/mol. The molecule has 0 saturated carbocycles. The van der Waals surface area contributed by atoms with Crippen LogP contribution in [-0.4, -0.2) is 75.7 Å². The van der Waals surface area contributed by atoms with E-state index in [0.717, 1.165) is 16.5 Å². The van der Waals surface area contributed by atoms with Gasteiger partial charge in [0.1, 0.15) is 18.1 Å². The minimum Gasteiger partial charge on any atom is -0.480 e. The number of H-pyrrole nitrogens is 1. The van der Waals surface area contributed by atoms with Gasteiger partial charge in [0.05, 0.1) is 6.04 Å². The van der Waals surface area contributed by atoms with Gasteiger partial charge in [-0.25, -0.2) is 4.79 Å². The molecule has 10 nitrogen and oxygen atoms in total. The second-order valence-electron chi connectivity index (χ2n) is 8.82. The lowest BCUT2D eigenvalue weighted by molar-refractivity contribution is -0.142. The van der Waals surface area contributed by atoms with Gasteiger partial charge in [-0.2, -0.15) is 24.4 Å². The molecule has 0 aliphatic heterocycles. The highest BCUT2D eigenvalue weighted by molar-refractivity contribution is 7.98. The summed E-state index contributed by atoms with van der Waals surface area (Å²) in [6, 6.07) is 3.47. The van der Waals surface area contributed by atoms with Crippen LogP contribution < -0.4 is 21.7 Å². The first-order valence-electron chi connectivity index (χ1n) is 11.6. The van der Waals surface area contributed by atoms with Crippen molar-refractivity contribution in [3.8, 4) is 0 Å². The number of aromatic nitrogens is 1. The zero-order valence-corrected chi connectivity index (χ0v) is 22.3. The Hall–Kier alpha value is -2.70. The second-order valence-corrected chi connectivity index (χ2v) is 10.2. The summed E-state index contributed by atoms with van der Waals surface area (Å²) in [7, 11) is 0. The lowest BCUT2D eigenvalue weighted by Gasteiger charge is -2.25. The quantitative estimate of drug-likeness (QED) is 0.176. The summed E-state index contributed by atoms with van der Waals surface area (Å²) < 4.78 is 0. The third kappa shape index (κ3) is 8.17. The van der Waals surface area contributed by atoms with Gasteiger partial charge in [0, 0.05) is 29.3 Å². The number of carboxylic acids is 1. The van der Waals surface area contributed by atoms with Crippen LogP contribution >= 0.6 is 24.4 Å². The summed E-state index contributed by atoms with van der Waals surface area (Å²) in [4.78, 5) is 53.3. The first-order valence-corrected chi connectivity index (χ1v) is 13.7. The fourth-order valence-corrected chi connectivity index (χ4v) is 4.26. The smallest absolute Gasteiger partial charge is 0.326 e. The van der Waals surface area contributed by atoms with Crippen LogP contribution in [0.4, 0.5) is 0 Å². The average Bonchev–Trinajstić information content (AvgIpc) is 3.26. The highest BCUT2D eigenvalue weighted by Gasteiger charge is 2.30. The number of thioether (sulfide) groups is 1. The fraction of sp³-hybridized carbons (Fsp3) is 0.500. The molecule has 198 valence electrons. The van der Waals surface area contributed by atoms with Gasteiger partial charge in [0.25, 0.3) is 0 Å². The van der Waals surface area contributed by atoms with Crippen molar-refractivity contribution >= 4 is 59.0 Å². The summed E-state index contributed by atoms with van der Waals surface area (Å²) in [5.74, 6) is -2.49. The molecule has 0 aliphatic carbocycles. The molecule has 1 aromatic carbocycles. The van der Waals surface area contributed by atoms with Crippen LogP contribution in [0.2, 0.25) is 0 Å². The molecular formula is C24H35N5O5S2. The van der Waals surface area contributed by atoms with Crippen LogP contribution in [0.25, 0.3) is 10.9 Å². The standard InChI is InChI=1S/C24H35N5O5S2/c1-13(2)20(25)23(32)27-17(8-9-36-3)21(30)29-19(12-35)22(31)28-18(24(33)34)10-14-11-26-16-7-5-4-6-15(14)16/h4-7,11,13,17-20,26,35H,8-10,12,25H2,1-3H3,(H,27,32)(H,28,31)(H,29,30)(H,33,34). The number of fused-ring (bicyclic) bond motifs is 1. The Balaban J connectivity index is 2.09. The molecule has 0 fully saturated rings. The maximum absolute atomic E-state index is 13.0. The molecule has 3 amide bonds. The van der Waals surface area contributed by atoms with E-state index in [1.54, 1.807) is 20.0 Å². The van der Waals surface area contributed by atoms with Gasteiger partial charge in [-0.3, -0.25) is 14.4 Å². The Kier molecular flexibility index (Phi) is 11.6. The zero-order valence-electron chi connectivity index (χ0n) is 20.6. The first-order chi connectivity index (χ1) is 17.1. The number of nitrogens with two attached hydrogens (primary N) is 1. The Bertz CT molecular complexity index is 1060. The highest BCUT2D eigenvalue weighted by atomic mass is 32.2. The van der Waals surface area contributed by atoms with Gasteiger partial charge < -0.3 is 31.8 Å². The van der Waals surface area contributed by atoms with Crippen LogP contribution in [0.1, 0.15) is 25.8 Å². The molecule has 4 atom stereocenters. The van der Waals surface area contributed by atoms with Crippen LogP contribution in [0, 0.1) is 5.92 Å². The highest BCUT2D eigenvalue weighted by Crippen LogP contribution is 2.19. The van der Waals surface area contributed by atoms with Gasteiger partial charge in [-0.15, -0.1) is 0 Å². The molecule has 0 aliphatic rings. The topological polar surface area (TPSA) is 166 Å². The van der Waals surface area contributed by atoms with E-state index in [2.05, 4.69) is 33.6 Å². The molecule has 2 rings (SSSR count). The Labute approximate surface area is 220 Å². The minimum atomic E-state index is -1.22. The van der Waals surface area contributed by atoms with E-state index in [1.165, 1.54) is 11.8 Å². The number of benzene rings is 1. The van der Waals surface area contributed by atoms with Crippen molar-refractivity contribution < 1.29 is 24.3 Å². The van der Waals surface area contributed by atoms with Gasteiger partial charge in [0.15, 0.2) is 0 Å². The molecule has 7 N–H and O–H groups in total. The van der Waals surface area contributed by atoms with Crippen molar-refractivity contribution in [1.82, 2.24) is 20.9 Å². The SMILES string of the molecule is CSCCC(NC(=O)C(N)C(C)C)C(=O)NC(CS)C(=O)NC(Cc1c[nH]c2ccccc12)C(=O)O. The van der Waals surface area contributed by atoms with E-state index in [9.17, 15) is 24.3 Å². The van der Waals surface area contributed by atoms with Gasteiger partial charge in [0.2, 0.25) is 17.7 Å². The number of carbonyl (C=O) groups is 4. The predicted octanol–water partition coefficient (Wildman–Crippen LogP) is 0.916. The Morgan fingerprint density at radius 1 is 1.03 bits per heavy atom. The van der Waals surface area contributed by atoms with Crippen LogP contribution in [0.5, 0.6) is 0 Å². The molecule has 0 bridgehead atoms. The molecular weight excluding hydrogens is 502 g/mol. The second kappa shape index (κ2) is 14.1. The largest absolute Gasteiger partial charge is 0.480 e. The summed E-state index contributed by atoms with van der Waals surface area (Å²) >= 11 is 5.68. The summed E-state index contributed by atoms with van der Waals surface area (Å²) in [6.07, 6.45) is 3.98. The number of para-hydroxylation sites is 1. The van der Waals surface area contributed by atoms with E-state index in [4.69, 9.17) is 5.73 Å². The van der Waals surface area contributed by atoms with Crippen LogP contribution in [-0.2, 0) is 25.6 Å². The van der Waals surface area contributed by atoms with Gasteiger partial charge >= 0.3 is 5.97 Å². The van der Waals surface area contributed by atoms with Crippen LogP contribution in [0.15, 0.2) is 30.5 Å². The maximum Gasteiger partial charge on any atom is 0.326 e. The van der Waals surface area contributed by atoms with Crippen molar-refractivity contribution in [3.05, 3.63) is 36.0 Å². The summed E-state index contributed by atoms with van der Waals surface area (Å²) in [5, 5.41) is 18.3. The molecule has 0 spiro atoms. The average molecular weight is 538 g/mol. The lowest BCUT2D eigenvalue weighted by atomic mass is 10.0. The number of nitrogens with one attached hydrogen (secondary N) is 4. The van der Waals surface area contributed by atoms with Gasteiger partial charge in [-0.05, 0) is 36.0 Å². The third-order valence-electron chi connectivity index (χ3n) is 5.79. The van der Waals surface area contributed by atoms with E-state index >= 15 is 0 Å². The number of hydrogen-bond acceptors (Lipinski definition) is 7. The molecule has 2 aromatic rings. The number of carboxylic acid groups (broad SMARTS) is 1. The van der Waals surface area contributed by atoms with Crippen molar-refractivity contribution in [2.24, 2.45) is 11.7 Å². The third-order valence-corrected chi connectivity index (χ3v) is 6.80. The van der Waals surface area contributed by atoms with E-state index in [-0.39, 0.29) is 18.1 Å². The monoisotopic (exact) mass is 537 g/mol. The first kappa shape index (κ1) is 29.5. The zero-order chi connectivity index (χ0) is 26.8. The molecule has 1 heterocycles. The van der Waals surface area contributed by atoms with Crippen molar-refractivity contribution in [3.63, 3.8) is 0 Å². The lowest BCUT2D eigenvalue weighted by Crippen LogP contribution is -2.58. The molecule has 4 unspecified atom stereocenters. The fourth-order valence-electron chi connectivity index (χ4n) is 3.53. The van der Waals surface area contributed by atoms with E-state index in [1.807, 2.05) is 30.5 Å². The van der Waals surface area contributed by atoms with Crippen LogP contribution in [0.3, 0.4) is 0 Å². The van der Waals surface area contributed by atoms with E-state index < -0.39 is 47.9 Å². The normalized spacial score (nSPS) is 14.6. The molecule has 12 heteroatoms. The van der Waals surface area contributed by atoms with Gasteiger partial charge in [-0.1, -0.05) is 32.0 Å². The Morgan fingerprint density at radius 3 is 2.25 bits per heavy atom. The maximum atomic E-state index is 13.0. The van der Waals surface area contributed by atoms with Crippen molar-refractivity contribution in [2.75, 3.05) is 17.8 Å². The summed E-state index contributed by atoms with van der Waals surface area (Å²) in [5.41, 5.74) is 7.50. The molecule has 1 aromatic heterocycles. The molecule has 36 heavy (non-hydrogen) atoms. The number of thiol groups is 1. The number of carbonyl (C=O) groups excluding carboxylic acids is 3. The van der Waals surface area contributed by atoms with E-state index in [0.29, 0.717) is 12.2 Å². The number of hydrogen-bond donors (Lipinski definition) is 7. The number of rotatable bonds is 14. The molecule has 0 radical (unpaired) electrons. The van der Waals surface area contributed by atoms with Crippen molar-refractivity contribution in [1.29, 1.82) is 0 Å².